The summed E-state index contributed by atoms with van der Waals surface area (Å²) >= 11 is 0. The summed E-state index contributed by atoms with van der Waals surface area (Å²) < 4.78 is 0. The van der Waals surface area contributed by atoms with Crippen LogP contribution in [0.1, 0.15) is 33.6 Å². The Morgan fingerprint density at radius 2 is 1.91 bits per heavy atom. The molecule has 11 heavy (non-hydrogen) atoms. The maximum atomic E-state index is 2.22. The summed E-state index contributed by atoms with van der Waals surface area (Å²) in [5.74, 6) is 0. The van der Waals surface area contributed by atoms with Gasteiger partial charge < -0.3 is 0 Å². The standard InChI is InChI=1S/C11H18/c1-4-7-8-10-11(6-3)9-5-2/h5-9H,4,10H2,1-3H3. The normalized spacial score (nSPS) is 13.5. The number of hydrogen-bond donors (Lipinski definition) is 0. The van der Waals surface area contributed by atoms with E-state index in [0.29, 0.717) is 0 Å². The van der Waals surface area contributed by atoms with Crippen molar-refractivity contribution in [1.29, 1.82) is 0 Å². The van der Waals surface area contributed by atoms with E-state index >= 15 is 0 Å². The van der Waals surface area contributed by atoms with Crippen LogP contribution in [0.2, 0.25) is 0 Å². The van der Waals surface area contributed by atoms with Crippen molar-refractivity contribution in [2.45, 2.75) is 33.6 Å². The predicted molar refractivity (Wildman–Crippen MR) is 52.6 cm³/mol. The van der Waals surface area contributed by atoms with Gasteiger partial charge in [-0.25, -0.2) is 0 Å². The van der Waals surface area contributed by atoms with Gasteiger partial charge in [0, 0.05) is 0 Å². The molecule has 0 amide bonds. The van der Waals surface area contributed by atoms with Crippen molar-refractivity contribution in [2.24, 2.45) is 0 Å². The molecule has 0 atom stereocenters. The molecule has 0 spiro atoms. The van der Waals surface area contributed by atoms with Crippen molar-refractivity contribution in [3.63, 3.8) is 0 Å². The van der Waals surface area contributed by atoms with E-state index in [-0.39, 0.29) is 0 Å². The minimum Gasteiger partial charge on any atom is -0.0885 e. The van der Waals surface area contributed by atoms with Gasteiger partial charge in [-0.3, -0.25) is 0 Å². The molecule has 0 saturated heterocycles. The molecule has 0 aromatic rings. The van der Waals surface area contributed by atoms with Crippen LogP contribution in [-0.4, -0.2) is 0 Å². The van der Waals surface area contributed by atoms with E-state index in [2.05, 4.69) is 44.2 Å². The van der Waals surface area contributed by atoms with Crippen LogP contribution in [0, 0.1) is 0 Å². The maximum Gasteiger partial charge on any atom is -0.0101 e. The van der Waals surface area contributed by atoms with E-state index in [4.69, 9.17) is 0 Å². The first-order valence-electron chi connectivity index (χ1n) is 4.28. The molecule has 62 valence electrons. The summed E-state index contributed by atoms with van der Waals surface area (Å²) in [4.78, 5) is 0. The Morgan fingerprint density at radius 1 is 1.18 bits per heavy atom. The Bertz CT molecular complexity index is 159. The van der Waals surface area contributed by atoms with Crippen molar-refractivity contribution >= 4 is 0 Å². The molecule has 0 nitrogen and oxygen atoms in total. The van der Waals surface area contributed by atoms with Crippen LogP contribution in [0.4, 0.5) is 0 Å². The molecule has 0 radical (unpaired) electrons. The van der Waals surface area contributed by atoms with Gasteiger partial charge in [0.15, 0.2) is 0 Å². The van der Waals surface area contributed by atoms with Crippen molar-refractivity contribution in [1.82, 2.24) is 0 Å². The van der Waals surface area contributed by atoms with Crippen molar-refractivity contribution in [3.8, 4) is 0 Å². The van der Waals surface area contributed by atoms with Crippen LogP contribution in [0.25, 0.3) is 0 Å². The third-order valence-electron chi connectivity index (χ3n) is 1.51. The van der Waals surface area contributed by atoms with Crippen molar-refractivity contribution < 1.29 is 0 Å². The Balaban J connectivity index is 3.80. The van der Waals surface area contributed by atoms with E-state index in [9.17, 15) is 0 Å². The summed E-state index contributed by atoms with van der Waals surface area (Å²) in [6, 6.07) is 0. The molecule has 0 heterocycles. The third-order valence-corrected chi connectivity index (χ3v) is 1.51. The van der Waals surface area contributed by atoms with Gasteiger partial charge in [-0.2, -0.15) is 0 Å². The van der Waals surface area contributed by atoms with E-state index in [1.165, 1.54) is 5.57 Å². The summed E-state index contributed by atoms with van der Waals surface area (Å²) in [6.07, 6.45) is 13.0. The highest BCUT2D eigenvalue weighted by atomic mass is 13.9. The molecule has 0 unspecified atom stereocenters. The molecule has 0 N–H and O–H groups in total. The zero-order chi connectivity index (χ0) is 8.53. The highest BCUT2D eigenvalue weighted by Gasteiger charge is 1.83. The van der Waals surface area contributed by atoms with Crippen LogP contribution in [0.15, 0.2) is 36.0 Å². The molecular weight excluding hydrogens is 132 g/mol. The van der Waals surface area contributed by atoms with Gasteiger partial charge in [0.25, 0.3) is 0 Å². The summed E-state index contributed by atoms with van der Waals surface area (Å²) in [5, 5.41) is 0. The molecule has 0 aliphatic rings. The highest BCUT2D eigenvalue weighted by Crippen LogP contribution is 2.04. The molecule has 0 rings (SSSR count). The minimum atomic E-state index is 1.06. The average molecular weight is 150 g/mol. The molecule has 0 bridgehead atoms. The molecule has 0 aliphatic carbocycles. The van der Waals surface area contributed by atoms with Gasteiger partial charge in [0.1, 0.15) is 0 Å². The zero-order valence-corrected chi connectivity index (χ0v) is 7.80. The van der Waals surface area contributed by atoms with Crippen molar-refractivity contribution in [2.75, 3.05) is 0 Å². The number of hydrogen-bond acceptors (Lipinski definition) is 0. The smallest absolute Gasteiger partial charge is 0.0101 e. The fourth-order valence-electron chi connectivity index (χ4n) is 0.882. The SMILES string of the molecule is CC=CC(=CC)CC=CCC. The van der Waals surface area contributed by atoms with E-state index in [0.717, 1.165) is 12.8 Å². The van der Waals surface area contributed by atoms with Gasteiger partial charge in [-0.05, 0) is 32.3 Å². The molecular formula is C11H18. The second kappa shape index (κ2) is 7.33. The third kappa shape index (κ3) is 5.65. The number of rotatable bonds is 4. The minimum absolute atomic E-state index is 1.06. The lowest BCUT2D eigenvalue weighted by Gasteiger charge is -1.93. The summed E-state index contributed by atoms with van der Waals surface area (Å²) in [5.41, 5.74) is 1.39. The summed E-state index contributed by atoms with van der Waals surface area (Å²) in [7, 11) is 0. The topological polar surface area (TPSA) is 0 Å². The molecule has 0 aliphatic heterocycles. The molecule has 0 aromatic carbocycles. The average Bonchev–Trinajstić information content (AvgIpc) is 2.03. The van der Waals surface area contributed by atoms with E-state index < -0.39 is 0 Å². The van der Waals surface area contributed by atoms with Gasteiger partial charge in [0.2, 0.25) is 0 Å². The fourth-order valence-corrected chi connectivity index (χ4v) is 0.882. The molecule has 0 aromatic heterocycles. The predicted octanol–water partition coefficient (Wildman–Crippen LogP) is 3.87. The van der Waals surface area contributed by atoms with Crippen LogP contribution in [-0.2, 0) is 0 Å². The second-order valence-electron chi connectivity index (χ2n) is 2.45. The lowest BCUT2D eigenvalue weighted by molar-refractivity contribution is 1.18. The Labute approximate surface area is 70.3 Å². The van der Waals surface area contributed by atoms with Crippen LogP contribution >= 0.6 is 0 Å². The van der Waals surface area contributed by atoms with Gasteiger partial charge in [-0.1, -0.05) is 37.3 Å². The first-order chi connectivity index (χ1) is 5.35. The van der Waals surface area contributed by atoms with Gasteiger partial charge >= 0.3 is 0 Å². The zero-order valence-electron chi connectivity index (χ0n) is 7.80. The highest BCUT2D eigenvalue weighted by molar-refractivity contribution is 5.20. The lowest BCUT2D eigenvalue weighted by atomic mass is 10.1. The molecule has 0 heteroatoms. The van der Waals surface area contributed by atoms with Crippen LogP contribution in [0.3, 0.4) is 0 Å². The van der Waals surface area contributed by atoms with Crippen LogP contribution in [0.5, 0.6) is 0 Å². The van der Waals surface area contributed by atoms with E-state index in [1.54, 1.807) is 0 Å². The Hall–Kier alpha value is -0.780. The Kier molecular flexibility index (Phi) is 6.81. The molecule has 0 fully saturated rings. The summed E-state index contributed by atoms with van der Waals surface area (Å²) in [6.45, 7) is 6.28. The van der Waals surface area contributed by atoms with E-state index in [1.807, 2.05) is 6.92 Å². The lowest BCUT2D eigenvalue weighted by Crippen LogP contribution is -1.73. The molecule has 0 saturated carbocycles. The van der Waals surface area contributed by atoms with Crippen molar-refractivity contribution in [3.05, 3.63) is 36.0 Å². The second-order valence-corrected chi connectivity index (χ2v) is 2.45. The Morgan fingerprint density at radius 3 is 2.36 bits per heavy atom. The first kappa shape index (κ1) is 10.2. The van der Waals surface area contributed by atoms with Gasteiger partial charge in [0.05, 0.1) is 0 Å². The first-order valence-corrected chi connectivity index (χ1v) is 4.28. The fraction of sp³-hybridized carbons (Fsp3) is 0.455. The quantitative estimate of drug-likeness (QED) is 0.421. The van der Waals surface area contributed by atoms with Gasteiger partial charge in [-0.15, -0.1) is 0 Å². The maximum absolute atomic E-state index is 2.22. The van der Waals surface area contributed by atoms with Crippen LogP contribution < -0.4 is 0 Å². The number of allylic oxidation sites excluding steroid dienone is 6. The largest absolute Gasteiger partial charge is 0.0885 e. The monoisotopic (exact) mass is 150 g/mol.